The van der Waals surface area contributed by atoms with E-state index in [1.807, 2.05) is 6.92 Å². The predicted octanol–water partition coefficient (Wildman–Crippen LogP) is 1.10. The first-order valence-electron chi connectivity index (χ1n) is 3.93. The average molecular weight is 194 g/mol. The van der Waals surface area contributed by atoms with Crippen LogP contribution in [-0.4, -0.2) is 19.1 Å². The molecule has 0 saturated heterocycles. The lowest BCUT2D eigenvalue weighted by Gasteiger charge is -2.17. The minimum Gasteiger partial charge on any atom is -0.469 e. The van der Waals surface area contributed by atoms with Crippen molar-refractivity contribution in [2.24, 2.45) is 11.1 Å². The van der Waals surface area contributed by atoms with Crippen molar-refractivity contribution >= 4 is 18.4 Å². The molecule has 1 saturated carbocycles. The molecule has 1 fully saturated rings. The first-order chi connectivity index (χ1) is 5.10. The number of rotatable bonds is 3. The molecule has 0 radical (unpaired) electrons. The molecule has 1 aliphatic carbocycles. The number of esters is 1. The summed E-state index contributed by atoms with van der Waals surface area (Å²) in [4.78, 5) is 10.9. The van der Waals surface area contributed by atoms with E-state index in [9.17, 15) is 4.79 Å². The van der Waals surface area contributed by atoms with E-state index in [1.165, 1.54) is 7.11 Å². The van der Waals surface area contributed by atoms with E-state index in [0.29, 0.717) is 6.42 Å². The van der Waals surface area contributed by atoms with Gasteiger partial charge < -0.3 is 10.5 Å². The Morgan fingerprint density at radius 3 is 2.42 bits per heavy atom. The van der Waals surface area contributed by atoms with Gasteiger partial charge in [-0.05, 0) is 25.2 Å². The Hall–Kier alpha value is -0.280. The molecule has 0 heterocycles. The minimum absolute atomic E-state index is 0. The van der Waals surface area contributed by atoms with Gasteiger partial charge in [-0.25, -0.2) is 0 Å². The third kappa shape index (κ3) is 2.35. The molecule has 3 nitrogen and oxygen atoms in total. The fourth-order valence-electron chi connectivity index (χ4n) is 1.31. The standard InChI is InChI=1S/C8H15NO2.ClH/c1-6(9)8(3-4-8)5-7(10)11-2;/h6H,3-5,9H2,1-2H3;1H. The predicted molar refractivity (Wildman–Crippen MR) is 49.2 cm³/mol. The Labute approximate surface area is 79.1 Å². The largest absolute Gasteiger partial charge is 0.469 e. The van der Waals surface area contributed by atoms with Crippen LogP contribution >= 0.6 is 12.4 Å². The van der Waals surface area contributed by atoms with Crippen LogP contribution in [0.2, 0.25) is 0 Å². The quantitative estimate of drug-likeness (QED) is 0.683. The number of nitrogens with two attached hydrogens (primary N) is 1. The molecule has 0 aromatic carbocycles. The second-order valence-electron chi connectivity index (χ2n) is 3.40. The zero-order chi connectivity index (χ0) is 8.48. The van der Waals surface area contributed by atoms with E-state index in [1.54, 1.807) is 0 Å². The number of hydrogen-bond donors (Lipinski definition) is 1. The highest BCUT2D eigenvalue weighted by atomic mass is 35.5. The van der Waals surface area contributed by atoms with Gasteiger partial charge in [0.25, 0.3) is 0 Å². The summed E-state index contributed by atoms with van der Waals surface area (Å²) in [6.07, 6.45) is 2.63. The van der Waals surface area contributed by atoms with E-state index in [4.69, 9.17) is 5.73 Å². The van der Waals surface area contributed by atoms with Crippen molar-refractivity contribution < 1.29 is 9.53 Å². The highest BCUT2D eigenvalue weighted by Crippen LogP contribution is 2.51. The Bertz CT molecular complexity index is 166. The van der Waals surface area contributed by atoms with Crippen LogP contribution in [0, 0.1) is 5.41 Å². The van der Waals surface area contributed by atoms with Crippen molar-refractivity contribution in [2.75, 3.05) is 7.11 Å². The molecular formula is C8H16ClNO2. The summed E-state index contributed by atoms with van der Waals surface area (Å²) in [7, 11) is 1.42. The maximum atomic E-state index is 10.9. The molecule has 0 spiro atoms. The summed E-state index contributed by atoms with van der Waals surface area (Å²) < 4.78 is 4.58. The number of hydrogen-bond acceptors (Lipinski definition) is 3. The molecule has 2 N–H and O–H groups in total. The molecule has 4 heteroatoms. The fraction of sp³-hybridized carbons (Fsp3) is 0.875. The highest BCUT2D eigenvalue weighted by Gasteiger charge is 2.47. The third-order valence-corrected chi connectivity index (χ3v) is 2.58. The fourth-order valence-corrected chi connectivity index (χ4v) is 1.31. The number of carbonyl (C=O) groups is 1. The monoisotopic (exact) mass is 193 g/mol. The first-order valence-corrected chi connectivity index (χ1v) is 3.93. The van der Waals surface area contributed by atoms with Gasteiger partial charge in [-0.2, -0.15) is 0 Å². The highest BCUT2D eigenvalue weighted by molar-refractivity contribution is 5.85. The summed E-state index contributed by atoms with van der Waals surface area (Å²) in [5, 5.41) is 0. The Morgan fingerprint density at radius 1 is 1.67 bits per heavy atom. The van der Waals surface area contributed by atoms with Gasteiger partial charge >= 0.3 is 5.97 Å². The zero-order valence-electron chi connectivity index (χ0n) is 7.50. The molecule has 0 amide bonds. The van der Waals surface area contributed by atoms with Crippen molar-refractivity contribution in [2.45, 2.75) is 32.2 Å². The molecule has 1 aliphatic rings. The van der Waals surface area contributed by atoms with Gasteiger partial charge in [-0.1, -0.05) is 0 Å². The number of ether oxygens (including phenoxy) is 1. The summed E-state index contributed by atoms with van der Waals surface area (Å²) in [5.41, 5.74) is 5.80. The molecule has 0 bridgehead atoms. The molecule has 0 aliphatic heterocycles. The smallest absolute Gasteiger partial charge is 0.306 e. The van der Waals surface area contributed by atoms with E-state index in [2.05, 4.69) is 4.74 Å². The first kappa shape index (κ1) is 11.7. The second kappa shape index (κ2) is 4.10. The average Bonchev–Trinajstić information content (AvgIpc) is 2.69. The molecular weight excluding hydrogens is 178 g/mol. The Morgan fingerprint density at radius 2 is 2.17 bits per heavy atom. The van der Waals surface area contributed by atoms with Gasteiger partial charge in [0.2, 0.25) is 0 Å². The van der Waals surface area contributed by atoms with E-state index < -0.39 is 0 Å². The van der Waals surface area contributed by atoms with Crippen LogP contribution in [0.25, 0.3) is 0 Å². The number of halogens is 1. The van der Waals surface area contributed by atoms with Gasteiger partial charge in [-0.3, -0.25) is 4.79 Å². The van der Waals surface area contributed by atoms with Crippen molar-refractivity contribution in [1.82, 2.24) is 0 Å². The van der Waals surface area contributed by atoms with Gasteiger partial charge in [0.1, 0.15) is 0 Å². The van der Waals surface area contributed by atoms with Crippen LogP contribution < -0.4 is 5.73 Å². The van der Waals surface area contributed by atoms with Gasteiger partial charge in [0.15, 0.2) is 0 Å². The molecule has 72 valence electrons. The summed E-state index contributed by atoms with van der Waals surface area (Å²) >= 11 is 0. The zero-order valence-corrected chi connectivity index (χ0v) is 8.32. The van der Waals surface area contributed by atoms with Crippen LogP contribution in [0.1, 0.15) is 26.2 Å². The van der Waals surface area contributed by atoms with Crippen LogP contribution in [0.3, 0.4) is 0 Å². The molecule has 1 atom stereocenters. The third-order valence-electron chi connectivity index (χ3n) is 2.58. The van der Waals surface area contributed by atoms with E-state index in [-0.39, 0.29) is 29.8 Å². The number of methoxy groups -OCH3 is 1. The normalized spacial score (nSPS) is 20.6. The van der Waals surface area contributed by atoms with Crippen molar-refractivity contribution in [1.29, 1.82) is 0 Å². The maximum Gasteiger partial charge on any atom is 0.306 e. The lowest BCUT2D eigenvalue weighted by Crippen LogP contribution is -2.30. The molecule has 0 aromatic rings. The van der Waals surface area contributed by atoms with Gasteiger partial charge in [0.05, 0.1) is 13.5 Å². The van der Waals surface area contributed by atoms with Gasteiger partial charge in [0, 0.05) is 6.04 Å². The lowest BCUT2D eigenvalue weighted by atomic mass is 9.95. The van der Waals surface area contributed by atoms with Crippen LogP contribution in [0.15, 0.2) is 0 Å². The molecule has 0 aromatic heterocycles. The summed E-state index contributed by atoms with van der Waals surface area (Å²) in [6.45, 7) is 1.95. The van der Waals surface area contributed by atoms with Gasteiger partial charge in [-0.15, -0.1) is 12.4 Å². The molecule has 12 heavy (non-hydrogen) atoms. The van der Waals surface area contributed by atoms with Crippen LogP contribution in [0.5, 0.6) is 0 Å². The maximum absolute atomic E-state index is 10.9. The summed E-state index contributed by atoms with van der Waals surface area (Å²) in [5.74, 6) is -0.139. The topological polar surface area (TPSA) is 52.3 Å². The number of carbonyl (C=O) groups excluding carboxylic acids is 1. The van der Waals surface area contributed by atoms with Crippen molar-refractivity contribution in [3.8, 4) is 0 Å². The minimum atomic E-state index is -0.139. The SMILES string of the molecule is COC(=O)CC1(C(C)N)CC1.Cl. The summed E-state index contributed by atoms with van der Waals surface area (Å²) in [6, 6.07) is 0.113. The molecule has 1 unspecified atom stereocenters. The van der Waals surface area contributed by atoms with E-state index in [0.717, 1.165) is 12.8 Å². The molecule has 1 rings (SSSR count). The van der Waals surface area contributed by atoms with Crippen LogP contribution in [-0.2, 0) is 9.53 Å². The van der Waals surface area contributed by atoms with E-state index >= 15 is 0 Å². The second-order valence-corrected chi connectivity index (χ2v) is 3.40. The lowest BCUT2D eigenvalue weighted by molar-refractivity contribution is -0.142. The van der Waals surface area contributed by atoms with Crippen molar-refractivity contribution in [3.63, 3.8) is 0 Å². The Balaban J connectivity index is 0.00000121. The van der Waals surface area contributed by atoms with Crippen LogP contribution in [0.4, 0.5) is 0 Å². The Kier molecular flexibility index (Phi) is 4.00. The van der Waals surface area contributed by atoms with Crippen molar-refractivity contribution in [3.05, 3.63) is 0 Å².